The Balaban J connectivity index is 1.82. The van der Waals surface area contributed by atoms with E-state index in [4.69, 9.17) is 0 Å². The van der Waals surface area contributed by atoms with E-state index in [1.165, 1.54) is 37.9 Å². The molecule has 1 aromatic heterocycles. The monoisotopic (exact) mass is 204 g/mol. The number of aryl methyl sites for hydroxylation is 1. The Kier molecular flexibility index (Phi) is 3.73. The van der Waals surface area contributed by atoms with E-state index in [1.807, 2.05) is 18.5 Å². The van der Waals surface area contributed by atoms with Gasteiger partial charge in [0, 0.05) is 12.4 Å². The molecule has 15 heavy (non-hydrogen) atoms. The fourth-order valence-electron chi connectivity index (χ4n) is 2.34. The molecule has 2 nitrogen and oxygen atoms in total. The Hall–Kier alpha value is -0.890. The summed E-state index contributed by atoms with van der Waals surface area (Å²) in [4.78, 5) is 4.15. The predicted molar refractivity (Wildman–Crippen MR) is 62.7 cm³/mol. The van der Waals surface area contributed by atoms with Crippen molar-refractivity contribution < 1.29 is 0 Å². The fourth-order valence-corrected chi connectivity index (χ4v) is 2.34. The molecule has 1 N–H and O–H groups in total. The van der Waals surface area contributed by atoms with E-state index in [9.17, 15) is 0 Å². The van der Waals surface area contributed by atoms with E-state index < -0.39 is 0 Å². The molecule has 2 unspecified atom stereocenters. The minimum absolute atomic E-state index is 0.846. The highest BCUT2D eigenvalue weighted by molar-refractivity contribution is 5.08. The zero-order valence-electron chi connectivity index (χ0n) is 9.45. The summed E-state index contributed by atoms with van der Waals surface area (Å²) < 4.78 is 0. The summed E-state index contributed by atoms with van der Waals surface area (Å²) in [7, 11) is 0. The summed E-state index contributed by atoms with van der Waals surface area (Å²) in [6, 6.07) is 4.20. The highest BCUT2D eigenvalue weighted by Gasteiger charge is 2.20. The van der Waals surface area contributed by atoms with Crippen LogP contribution in [0.5, 0.6) is 0 Å². The molecule has 82 valence electrons. The molecule has 0 saturated carbocycles. The van der Waals surface area contributed by atoms with Crippen LogP contribution in [0.1, 0.15) is 25.3 Å². The van der Waals surface area contributed by atoms with Crippen LogP contribution in [0.3, 0.4) is 0 Å². The molecule has 0 aliphatic carbocycles. The van der Waals surface area contributed by atoms with Crippen LogP contribution in [0.2, 0.25) is 0 Å². The van der Waals surface area contributed by atoms with Crippen molar-refractivity contribution in [3.05, 3.63) is 30.1 Å². The number of piperidine rings is 1. The SMILES string of the molecule is CC1CCNCC1CCc1cccnc1. The Labute approximate surface area is 92.1 Å². The van der Waals surface area contributed by atoms with Gasteiger partial charge < -0.3 is 5.32 Å². The van der Waals surface area contributed by atoms with Crippen LogP contribution >= 0.6 is 0 Å². The number of hydrogen-bond acceptors (Lipinski definition) is 2. The van der Waals surface area contributed by atoms with E-state index >= 15 is 0 Å². The van der Waals surface area contributed by atoms with E-state index in [-0.39, 0.29) is 0 Å². The van der Waals surface area contributed by atoms with Gasteiger partial charge in [-0.1, -0.05) is 13.0 Å². The molecule has 0 spiro atoms. The van der Waals surface area contributed by atoms with Crippen LogP contribution in [0, 0.1) is 11.8 Å². The van der Waals surface area contributed by atoms with Crippen LogP contribution in [-0.4, -0.2) is 18.1 Å². The quantitative estimate of drug-likeness (QED) is 0.817. The van der Waals surface area contributed by atoms with E-state index in [0.717, 1.165) is 11.8 Å². The summed E-state index contributed by atoms with van der Waals surface area (Å²) in [5, 5.41) is 3.49. The lowest BCUT2D eigenvalue weighted by Crippen LogP contribution is -2.35. The van der Waals surface area contributed by atoms with Crippen molar-refractivity contribution in [3.63, 3.8) is 0 Å². The van der Waals surface area contributed by atoms with Crippen molar-refractivity contribution in [2.45, 2.75) is 26.2 Å². The van der Waals surface area contributed by atoms with Gasteiger partial charge in [0.15, 0.2) is 0 Å². The first-order valence-electron chi connectivity index (χ1n) is 5.96. The molecule has 1 aliphatic rings. The van der Waals surface area contributed by atoms with Gasteiger partial charge in [-0.05, 0) is 55.8 Å². The van der Waals surface area contributed by atoms with Crippen molar-refractivity contribution in [1.29, 1.82) is 0 Å². The summed E-state index contributed by atoms with van der Waals surface area (Å²) in [5.41, 5.74) is 1.37. The summed E-state index contributed by atoms with van der Waals surface area (Å²) in [6.45, 7) is 4.78. The summed E-state index contributed by atoms with van der Waals surface area (Å²) in [6.07, 6.45) is 7.62. The second-order valence-electron chi connectivity index (χ2n) is 4.63. The summed E-state index contributed by atoms with van der Waals surface area (Å²) >= 11 is 0. The first-order chi connectivity index (χ1) is 7.36. The average molecular weight is 204 g/mol. The van der Waals surface area contributed by atoms with Gasteiger partial charge in [-0.2, -0.15) is 0 Å². The van der Waals surface area contributed by atoms with Crippen molar-refractivity contribution in [1.82, 2.24) is 10.3 Å². The lowest BCUT2D eigenvalue weighted by Gasteiger charge is -2.29. The molecule has 1 fully saturated rings. The fraction of sp³-hybridized carbons (Fsp3) is 0.615. The van der Waals surface area contributed by atoms with Crippen molar-refractivity contribution >= 4 is 0 Å². The van der Waals surface area contributed by atoms with Crippen LogP contribution in [0.15, 0.2) is 24.5 Å². The average Bonchev–Trinajstić information content (AvgIpc) is 2.29. The first kappa shape index (κ1) is 10.6. The lowest BCUT2D eigenvalue weighted by atomic mass is 9.84. The third-order valence-corrected chi connectivity index (χ3v) is 3.51. The maximum atomic E-state index is 4.15. The zero-order chi connectivity index (χ0) is 10.5. The van der Waals surface area contributed by atoms with Gasteiger partial charge >= 0.3 is 0 Å². The van der Waals surface area contributed by atoms with Crippen LogP contribution in [-0.2, 0) is 6.42 Å². The number of nitrogens with one attached hydrogen (secondary N) is 1. The van der Waals surface area contributed by atoms with E-state index in [2.05, 4.69) is 23.3 Å². The Morgan fingerprint density at radius 2 is 2.47 bits per heavy atom. The number of aromatic nitrogens is 1. The second kappa shape index (κ2) is 5.26. The topological polar surface area (TPSA) is 24.9 Å². The van der Waals surface area contributed by atoms with Crippen molar-refractivity contribution in [3.8, 4) is 0 Å². The van der Waals surface area contributed by atoms with Gasteiger partial charge in [0.1, 0.15) is 0 Å². The highest BCUT2D eigenvalue weighted by atomic mass is 14.9. The normalized spacial score (nSPS) is 26.5. The van der Waals surface area contributed by atoms with Crippen molar-refractivity contribution in [2.75, 3.05) is 13.1 Å². The zero-order valence-corrected chi connectivity index (χ0v) is 9.45. The molecular weight excluding hydrogens is 184 g/mol. The Morgan fingerprint density at radius 1 is 1.53 bits per heavy atom. The number of pyridine rings is 1. The van der Waals surface area contributed by atoms with Gasteiger partial charge in [0.25, 0.3) is 0 Å². The minimum atomic E-state index is 0.846. The molecular formula is C13H20N2. The van der Waals surface area contributed by atoms with Gasteiger partial charge in [-0.15, -0.1) is 0 Å². The van der Waals surface area contributed by atoms with Gasteiger partial charge in [0.05, 0.1) is 0 Å². The maximum absolute atomic E-state index is 4.15. The summed E-state index contributed by atoms with van der Waals surface area (Å²) in [5.74, 6) is 1.72. The van der Waals surface area contributed by atoms with Crippen LogP contribution in [0.4, 0.5) is 0 Å². The molecule has 0 aromatic carbocycles. The molecule has 2 atom stereocenters. The molecule has 1 aliphatic heterocycles. The predicted octanol–water partition coefficient (Wildman–Crippen LogP) is 2.26. The third-order valence-electron chi connectivity index (χ3n) is 3.51. The molecule has 0 amide bonds. The largest absolute Gasteiger partial charge is 0.316 e. The lowest BCUT2D eigenvalue weighted by molar-refractivity contribution is 0.260. The molecule has 0 radical (unpaired) electrons. The van der Waals surface area contributed by atoms with Gasteiger partial charge in [-0.25, -0.2) is 0 Å². The molecule has 1 aromatic rings. The molecule has 2 rings (SSSR count). The Bertz CT molecular complexity index is 284. The second-order valence-corrected chi connectivity index (χ2v) is 4.63. The van der Waals surface area contributed by atoms with E-state index in [0.29, 0.717) is 0 Å². The number of rotatable bonds is 3. The molecule has 2 heteroatoms. The first-order valence-corrected chi connectivity index (χ1v) is 5.96. The van der Waals surface area contributed by atoms with Crippen LogP contribution in [0.25, 0.3) is 0 Å². The molecule has 1 saturated heterocycles. The molecule has 2 heterocycles. The number of nitrogens with zero attached hydrogens (tertiary/aromatic N) is 1. The highest BCUT2D eigenvalue weighted by Crippen LogP contribution is 2.22. The third kappa shape index (κ3) is 3.03. The van der Waals surface area contributed by atoms with Crippen molar-refractivity contribution in [2.24, 2.45) is 11.8 Å². The van der Waals surface area contributed by atoms with Crippen LogP contribution < -0.4 is 5.32 Å². The van der Waals surface area contributed by atoms with Gasteiger partial charge in [-0.3, -0.25) is 4.98 Å². The van der Waals surface area contributed by atoms with Gasteiger partial charge in [0.2, 0.25) is 0 Å². The number of hydrogen-bond donors (Lipinski definition) is 1. The molecule has 0 bridgehead atoms. The minimum Gasteiger partial charge on any atom is -0.316 e. The maximum Gasteiger partial charge on any atom is 0.0299 e. The smallest absolute Gasteiger partial charge is 0.0299 e. The van der Waals surface area contributed by atoms with E-state index in [1.54, 1.807) is 0 Å². The Morgan fingerprint density at radius 3 is 3.20 bits per heavy atom. The standard InChI is InChI=1S/C13H20N2/c1-11-6-8-15-10-13(11)5-4-12-3-2-7-14-9-12/h2-3,7,9,11,13,15H,4-6,8,10H2,1H3.